The van der Waals surface area contributed by atoms with E-state index in [0.29, 0.717) is 11.3 Å². The number of alkyl halides is 2. The zero-order valence-corrected chi connectivity index (χ0v) is 16.6. The van der Waals surface area contributed by atoms with E-state index in [2.05, 4.69) is 37.8 Å². The third-order valence-electron chi connectivity index (χ3n) is 3.29. The van der Waals surface area contributed by atoms with E-state index in [1.807, 2.05) is 18.2 Å². The SMILES string of the molecule is COc1cc(/C=N/OC(C)C(=O)Nc2cccc(I)c2)ccc1OC(F)F. The summed E-state index contributed by atoms with van der Waals surface area (Å²) in [5.41, 5.74) is 1.18. The van der Waals surface area contributed by atoms with Crippen molar-refractivity contribution in [3.63, 3.8) is 0 Å². The Morgan fingerprint density at radius 2 is 2.00 bits per heavy atom. The minimum absolute atomic E-state index is 0.0872. The summed E-state index contributed by atoms with van der Waals surface area (Å²) >= 11 is 2.15. The first kappa shape index (κ1) is 20.9. The van der Waals surface area contributed by atoms with E-state index in [9.17, 15) is 13.6 Å². The molecule has 0 saturated carbocycles. The summed E-state index contributed by atoms with van der Waals surface area (Å²) in [6, 6.07) is 11.6. The van der Waals surface area contributed by atoms with Crippen molar-refractivity contribution >= 4 is 40.4 Å². The first-order valence-electron chi connectivity index (χ1n) is 7.77. The van der Waals surface area contributed by atoms with Crippen molar-refractivity contribution in [2.45, 2.75) is 19.6 Å². The molecule has 0 aliphatic rings. The topological polar surface area (TPSA) is 69.2 Å². The van der Waals surface area contributed by atoms with Crippen molar-refractivity contribution in [3.8, 4) is 11.5 Å². The van der Waals surface area contributed by atoms with Gasteiger partial charge >= 0.3 is 6.61 Å². The molecule has 144 valence electrons. The Balaban J connectivity index is 1.94. The van der Waals surface area contributed by atoms with Gasteiger partial charge in [-0.1, -0.05) is 11.2 Å². The highest BCUT2D eigenvalue weighted by atomic mass is 127. The lowest BCUT2D eigenvalue weighted by Crippen LogP contribution is -2.26. The van der Waals surface area contributed by atoms with Crippen LogP contribution in [0.5, 0.6) is 11.5 Å². The van der Waals surface area contributed by atoms with Crippen LogP contribution in [-0.4, -0.2) is 31.9 Å². The molecule has 0 aliphatic heterocycles. The predicted octanol–water partition coefficient (Wildman–Crippen LogP) is 4.28. The fourth-order valence-electron chi connectivity index (χ4n) is 2.00. The number of rotatable bonds is 8. The zero-order chi connectivity index (χ0) is 19.8. The summed E-state index contributed by atoms with van der Waals surface area (Å²) in [7, 11) is 1.34. The molecule has 27 heavy (non-hydrogen) atoms. The smallest absolute Gasteiger partial charge is 0.387 e. The first-order valence-corrected chi connectivity index (χ1v) is 8.85. The van der Waals surface area contributed by atoms with Crippen LogP contribution >= 0.6 is 22.6 Å². The van der Waals surface area contributed by atoms with Crippen LogP contribution in [0.3, 0.4) is 0 Å². The molecule has 0 spiro atoms. The van der Waals surface area contributed by atoms with Crippen LogP contribution < -0.4 is 14.8 Å². The second-order valence-electron chi connectivity index (χ2n) is 5.27. The molecule has 0 heterocycles. The molecule has 6 nitrogen and oxygen atoms in total. The molecule has 0 radical (unpaired) electrons. The summed E-state index contributed by atoms with van der Waals surface area (Å²) in [4.78, 5) is 17.2. The average Bonchev–Trinajstić information content (AvgIpc) is 2.62. The van der Waals surface area contributed by atoms with Crippen LogP contribution in [0.15, 0.2) is 47.6 Å². The van der Waals surface area contributed by atoms with Crippen molar-refractivity contribution in [3.05, 3.63) is 51.6 Å². The van der Waals surface area contributed by atoms with E-state index in [1.165, 1.54) is 31.5 Å². The Hall–Kier alpha value is -2.43. The fraction of sp³-hybridized carbons (Fsp3) is 0.222. The van der Waals surface area contributed by atoms with Gasteiger partial charge in [-0.05, 0) is 65.9 Å². The van der Waals surface area contributed by atoms with Gasteiger partial charge in [-0.15, -0.1) is 0 Å². The molecular formula is C18H17F2IN2O4. The highest BCUT2D eigenvalue weighted by molar-refractivity contribution is 14.1. The quantitative estimate of drug-likeness (QED) is 0.341. The Kier molecular flexibility index (Phi) is 7.77. The van der Waals surface area contributed by atoms with Gasteiger partial charge in [0, 0.05) is 14.8 Å². The number of halogens is 3. The molecule has 2 rings (SSSR count). The van der Waals surface area contributed by atoms with Crippen LogP contribution in [0, 0.1) is 3.57 Å². The van der Waals surface area contributed by atoms with Crippen molar-refractivity contribution in [1.29, 1.82) is 0 Å². The molecular weight excluding hydrogens is 473 g/mol. The minimum Gasteiger partial charge on any atom is -0.493 e. The largest absolute Gasteiger partial charge is 0.493 e. The molecule has 0 saturated heterocycles. The second-order valence-corrected chi connectivity index (χ2v) is 6.52. The van der Waals surface area contributed by atoms with E-state index >= 15 is 0 Å². The van der Waals surface area contributed by atoms with E-state index < -0.39 is 12.7 Å². The Morgan fingerprint density at radius 1 is 1.22 bits per heavy atom. The number of carbonyl (C=O) groups excluding carboxylic acids is 1. The molecule has 2 aromatic rings. The van der Waals surface area contributed by atoms with E-state index in [0.717, 1.165) is 3.57 Å². The third-order valence-corrected chi connectivity index (χ3v) is 3.96. The Morgan fingerprint density at radius 3 is 2.67 bits per heavy atom. The minimum atomic E-state index is -2.95. The highest BCUT2D eigenvalue weighted by Crippen LogP contribution is 2.28. The first-order chi connectivity index (χ1) is 12.9. The monoisotopic (exact) mass is 490 g/mol. The zero-order valence-electron chi connectivity index (χ0n) is 14.5. The molecule has 1 unspecified atom stereocenters. The Labute approximate surface area is 168 Å². The van der Waals surface area contributed by atoms with E-state index in [-0.39, 0.29) is 17.4 Å². The van der Waals surface area contributed by atoms with Crippen LogP contribution in [0.1, 0.15) is 12.5 Å². The van der Waals surface area contributed by atoms with Crippen LogP contribution in [-0.2, 0) is 9.63 Å². The van der Waals surface area contributed by atoms with Gasteiger partial charge < -0.3 is 19.6 Å². The number of benzene rings is 2. The molecule has 1 N–H and O–H groups in total. The average molecular weight is 490 g/mol. The van der Waals surface area contributed by atoms with Crippen LogP contribution in [0.2, 0.25) is 0 Å². The number of hydrogen-bond acceptors (Lipinski definition) is 5. The Bertz CT molecular complexity index is 818. The number of carbonyl (C=O) groups is 1. The van der Waals surface area contributed by atoms with Crippen LogP contribution in [0.25, 0.3) is 0 Å². The maximum atomic E-state index is 12.3. The normalized spacial score (nSPS) is 12.1. The molecule has 1 amide bonds. The van der Waals surface area contributed by atoms with Gasteiger partial charge in [-0.3, -0.25) is 4.79 Å². The maximum absolute atomic E-state index is 12.3. The number of nitrogens with zero attached hydrogens (tertiary/aromatic N) is 1. The maximum Gasteiger partial charge on any atom is 0.387 e. The van der Waals surface area contributed by atoms with Gasteiger partial charge in [0.05, 0.1) is 13.3 Å². The molecule has 0 aliphatic carbocycles. The number of oxime groups is 1. The highest BCUT2D eigenvalue weighted by Gasteiger charge is 2.14. The summed E-state index contributed by atoms with van der Waals surface area (Å²) in [5, 5.41) is 6.48. The number of ether oxygens (including phenoxy) is 2. The number of amides is 1. The lowest BCUT2D eigenvalue weighted by Gasteiger charge is -2.11. The number of hydrogen-bond donors (Lipinski definition) is 1. The number of anilines is 1. The molecule has 9 heteroatoms. The number of methoxy groups -OCH3 is 1. The third kappa shape index (κ3) is 6.66. The van der Waals surface area contributed by atoms with Crippen molar-refractivity contribution < 1.29 is 27.9 Å². The summed E-state index contributed by atoms with van der Waals surface area (Å²) in [6.45, 7) is -1.39. The standard InChI is InChI=1S/C18H17F2IN2O4/c1-11(17(24)23-14-5-3-4-13(21)9-14)27-22-10-12-6-7-15(26-18(19)20)16(8-12)25-2/h3-11,18H,1-2H3,(H,23,24)/b22-10+. The van der Waals surface area contributed by atoms with Gasteiger partial charge in [0.1, 0.15) is 0 Å². The second kappa shape index (κ2) is 10.0. The van der Waals surface area contributed by atoms with Gasteiger partial charge in [0.25, 0.3) is 5.91 Å². The molecule has 2 aromatic carbocycles. The van der Waals surface area contributed by atoms with E-state index in [4.69, 9.17) is 9.57 Å². The lowest BCUT2D eigenvalue weighted by molar-refractivity contribution is -0.126. The summed E-state index contributed by atoms with van der Waals surface area (Å²) in [6.07, 6.45) is 0.506. The van der Waals surface area contributed by atoms with Crippen molar-refractivity contribution in [2.75, 3.05) is 12.4 Å². The van der Waals surface area contributed by atoms with Crippen molar-refractivity contribution in [1.82, 2.24) is 0 Å². The van der Waals surface area contributed by atoms with Crippen molar-refractivity contribution in [2.24, 2.45) is 5.16 Å². The van der Waals surface area contributed by atoms with E-state index in [1.54, 1.807) is 13.0 Å². The fourth-order valence-corrected chi connectivity index (χ4v) is 2.54. The van der Waals surface area contributed by atoms with Gasteiger partial charge in [-0.2, -0.15) is 8.78 Å². The lowest BCUT2D eigenvalue weighted by atomic mass is 10.2. The van der Waals surface area contributed by atoms with Crippen LogP contribution in [0.4, 0.5) is 14.5 Å². The van der Waals surface area contributed by atoms with Gasteiger partial charge in [-0.25, -0.2) is 0 Å². The molecule has 0 fully saturated rings. The molecule has 0 aromatic heterocycles. The number of nitrogens with one attached hydrogen (secondary N) is 1. The summed E-state index contributed by atoms with van der Waals surface area (Å²) in [5.74, 6) is -0.313. The van der Waals surface area contributed by atoms with Gasteiger partial charge in [0.2, 0.25) is 6.10 Å². The summed E-state index contributed by atoms with van der Waals surface area (Å²) < 4.78 is 35.0. The van der Waals surface area contributed by atoms with Gasteiger partial charge in [0.15, 0.2) is 11.5 Å². The molecule has 1 atom stereocenters. The molecule has 0 bridgehead atoms. The predicted molar refractivity (Wildman–Crippen MR) is 106 cm³/mol.